The van der Waals surface area contributed by atoms with Crippen LogP contribution in [0.2, 0.25) is 0 Å². The van der Waals surface area contributed by atoms with Crippen LogP contribution in [0.5, 0.6) is 0 Å². The molecule has 0 spiro atoms. The highest BCUT2D eigenvalue weighted by Crippen LogP contribution is 2.28. The molecule has 0 aliphatic carbocycles. The Bertz CT molecular complexity index is 627. The van der Waals surface area contributed by atoms with E-state index >= 15 is 0 Å². The van der Waals surface area contributed by atoms with Crippen LogP contribution in [0.3, 0.4) is 0 Å². The zero-order chi connectivity index (χ0) is 15.6. The molecule has 0 saturated carbocycles. The van der Waals surface area contributed by atoms with Crippen molar-refractivity contribution in [3.05, 3.63) is 35.2 Å². The summed E-state index contributed by atoms with van der Waals surface area (Å²) < 4.78 is 1.02. The maximum Gasteiger partial charge on any atom is 0.255 e. The predicted molar refractivity (Wildman–Crippen MR) is 88.9 cm³/mol. The Morgan fingerprint density at radius 2 is 2.05 bits per heavy atom. The highest BCUT2D eigenvalue weighted by atomic mass is 32.1. The molecular formula is C17H23NO2S. The van der Waals surface area contributed by atoms with E-state index in [0.717, 1.165) is 22.1 Å². The number of benzene rings is 1. The molecule has 1 unspecified atom stereocenters. The Balaban J connectivity index is 2.28. The van der Waals surface area contributed by atoms with Gasteiger partial charge in [0.25, 0.3) is 5.91 Å². The van der Waals surface area contributed by atoms with Gasteiger partial charge in [0, 0.05) is 11.7 Å². The van der Waals surface area contributed by atoms with Gasteiger partial charge < -0.3 is 10.0 Å². The number of amides is 1. The van der Waals surface area contributed by atoms with Gasteiger partial charge >= 0.3 is 0 Å². The standard InChI is InChI=1S/C17H23NO2S/c1-17(2,3)10-13(11-19)18(4)16(20)14-7-5-6-12-8-9-21-15(12)14/h5-9,13,19H,10-11H2,1-4H3. The van der Waals surface area contributed by atoms with E-state index in [9.17, 15) is 9.90 Å². The number of carbonyl (C=O) groups is 1. The van der Waals surface area contributed by atoms with Gasteiger partial charge in [-0.05, 0) is 34.7 Å². The maximum atomic E-state index is 12.8. The van der Waals surface area contributed by atoms with Crippen LogP contribution in [0.15, 0.2) is 29.6 Å². The highest BCUT2D eigenvalue weighted by Gasteiger charge is 2.26. The number of likely N-dealkylation sites (N-methyl/N-ethyl adjacent to an activating group) is 1. The van der Waals surface area contributed by atoms with Gasteiger partial charge in [-0.2, -0.15) is 0 Å². The maximum absolute atomic E-state index is 12.8. The molecular weight excluding hydrogens is 282 g/mol. The van der Waals surface area contributed by atoms with Crippen molar-refractivity contribution in [3.63, 3.8) is 0 Å². The molecule has 1 atom stereocenters. The minimum atomic E-state index is -0.160. The molecule has 0 bridgehead atoms. The van der Waals surface area contributed by atoms with Gasteiger partial charge in [-0.1, -0.05) is 32.9 Å². The second-order valence-electron chi connectivity index (χ2n) is 6.66. The summed E-state index contributed by atoms with van der Waals surface area (Å²) in [5.41, 5.74) is 0.786. The molecule has 1 N–H and O–H groups in total. The summed E-state index contributed by atoms with van der Waals surface area (Å²) in [5, 5.41) is 12.7. The van der Waals surface area contributed by atoms with Crippen molar-refractivity contribution < 1.29 is 9.90 Å². The van der Waals surface area contributed by atoms with Crippen LogP contribution in [-0.4, -0.2) is 35.6 Å². The van der Waals surface area contributed by atoms with Crippen LogP contribution in [-0.2, 0) is 0 Å². The van der Waals surface area contributed by atoms with E-state index in [1.807, 2.05) is 29.6 Å². The molecule has 114 valence electrons. The van der Waals surface area contributed by atoms with E-state index in [1.54, 1.807) is 23.3 Å². The topological polar surface area (TPSA) is 40.5 Å². The Labute approximate surface area is 130 Å². The molecule has 2 aromatic rings. The molecule has 0 radical (unpaired) electrons. The molecule has 0 aliphatic heterocycles. The van der Waals surface area contributed by atoms with Crippen LogP contribution in [0.4, 0.5) is 0 Å². The van der Waals surface area contributed by atoms with Gasteiger partial charge in [0.15, 0.2) is 0 Å². The van der Waals surface area contributed by atoms with Crippen molar-refractivity contribution in [3.8, 4) is 0 Å². The van der Waals surface area contributed by atoms with E-state index in [0.29, 0.717) is 0 Å². The average molecular weight is 305 g/mol. The Morgan fingerprint density at radius 3 is 2.67 bits per heavy atom. The summed E-state index contributed by atoms with van der Waals surface area (Å²) in [5.74, 6) is -0.0219. The molecule has 1 aromatic carbocycles. The van der Waals surface area contributed by atoms with E-state index in [-0.39, 0.29) is 24.0 Å². The summed E-state index contributed by atoms with van der Waals surface area (Å²) in [6.07, 6.45) is 0.770. The summed E-state index contributed by atoms with van der Waals surface area (Å²) in [6, 6.07) is 7.65. The lowest BCUT2D eigenvalue weighted by Crippen LogP contribution is -2.41. The van der Waals surface area contributed by atoms with Crippen molar-refractivity contribution in [1.82, 2.24) is 4.90 Å². The number of aliphatic hydroxyl groups excluding tert-OH is 1. The van der Waals surface area contributed by atoms with Gasteiger partial charge in [-0.15, -0.1) is 11.3 Å². The number of hydrogen-bond acceptors (Lipinski definition) is 3. The van der Waals surface area contributed by atoms with Gasteiger partial charge in [-0.3, -0.25) is 4.79 Å². The normalized spacial score (nSPS) is 13.4. The van der Waals surface area contributed by atoms with E-state index < -0.39 is 0 Å². The number of nitrogens with zero attached hydrogens (tertiary/aromatic N) is 1. The third kappa shape index (κ3) is 3.63. The molecule has 3 nitrogen and oxygen atoms in total. The Morgan fingerprint density at radius 1 is 1.33 bits per heavy atom. The van der Waals surface area contributed by atoms with Gasteiger partial charge in [-0.25, -0.2) is 0 Å². The quantitative estimate of drug-likeness (QED) is 0.934. The van der Waals surface area contributed by atoms with Crippen LogP contribution in [0.1, 0.15) is 37.6 Å². The zero-order valence-corrected chi connectivity index (χ0v) is 13.9. The van der Waals surface area contributed by atoms with Crippen molar-refractivity contribution in [2.45, 2.75) is 33.2 Å². The molecule has 0 saturated heterocycles. The first-order valence-corrected chi connectivity index (χ1v) is 8.05. The summed E-state index contributed by atoms with van der Waals surface area (Å²) in [7, 11) is 1.78. The minimum Gasteiger partial charge on any atom is -0.394 e. The first-order chi connectivity index (χ1) is 9.83. The number of aliphatic hydroxyl groups is 1. The predicted octanol–water partition coefficient (Wildman–Crippen LogP) is 3.77. The van der Waals surface area contributed by atoms with Crippen LogP contribution >= 0.6 is 11.3 Å². The molecule has 21 heavy (non-hydrogen) atoms. The number of hydrogen-bond donors (Lipinski definition) is 1. The molecule has 1 aromatic heterocycles. The number of carbonyl (C=O) groups excluding carboxylic acids is 1. The molecule has 2 rings (SSSR count). The van der Waals surface area contributed by atoms with Gasteiger partial charge in [0.2, 0.25) is 0 Å². The first-order valence-electron chi connectivity index (χ1n) is 7.18. The average Bonchev–Trinajstić information content (AvgIpc) is 2.90. The largest absolute Gasteiger partial charge is 0.394 e. The van der Waals surface area contributed by atoms with Crippen molar-refractivity contribution >= 4 is 27.3 Å². The number of fused-ring (bicyclic) bond motifs is 1. The monoisotopic (exact) mass is 305 g/mol. The summed E-state index contributed by atoms with van der Waals surface area (Å²) in [6.45, 7) is 6.34. The van der Waals surface area contributed by atoms with Gasteiger partial charge in [0.05, 0.1) is 18.2 Å². The lowest BCUT2D eigenvalue weighted by atomic mass is 9.87. The fourth-order valence-electron chi connectivity index (χ4n) is 2.55. The minimum absolute atomic E-state index is 0.0140. The van der Waals surface area contributed by atoms with Crippen molar-refractivity contribution in [2.75, 3.05) is 13.7 Å². The van der Waals surface area contributed by atoms with E-state index in [1.165, 1.54) is 0 Å². The third-order valence-corrected chi connectivity index (χ3v) is 4.60. The fraction of sp³-hybridized carbons (Fsp3) is 0.471. The highest BCUT2D eigenvalue weighted by molar-refractivity contribution is 7.17. The SMILES string of the molecule is CN(C(=O)c1cccc2ccsc12)C(CO)CC(C)(C)C. The molecule has 0 aliphatic rings. The van der Waals surface area contributed by atoms with Crippen LogP contribution in [0, 0.1) is 5.41 Å². The molecule has 1 heterocycles. The second-order valence-corrected chi connectivity index (χ2v) is 7.58. The third-order valence-electron chi connectivity index (χ3n) is 3.64. The van der Waals surface area contributed by atoms with E-state index in [4.69, 9.17) is 0 Å². The van der Waals surface area contributed by atoms with Crippen LogP contribution in [0.25, 0.3) is 10.1 Å². The van der Waals surface area contributed by atoms with E-state index in [2.05, 4.69) is 20.8 Å². The zero-order valence-electron chi connectivity index (χ0n) is 13.1. The number of rotatable bonds is 4. The lowest BCUT2D eigenvalue weighted by molar-refractivity contribution is 0.0596. The lowest BCUT2D eigenvalue weighted by Gasteiger charge is -2.32. The van der Waals surface area contributed by atoms with Crippen molar-refractivity contribution in [1.29, 1.82) is 0 Å². The smallest absolute Gasteiger partial charge is 0.255 e. The molecule has 1 amide bonds. The van der Waals surface area contributed by atoms with Crippen LogP contribution < -0.4 is 0 Å². The molecule has 4 heteroatoms. The summed E-state index contributed by atoms with van der Waals surface area (Å²) in [4.78, 5) is 14.4. The number of thiophene rings is 1. The molecule has 0 fully saturated rings. The summed E-state index contributed by atoms with van der Waals surface area (Å²) >= 11 is 1.58. The fourth-order valence-corrected chi connectivity index (χ4v) is 3.45. The van der Waals surface area contributed by atoms with Gasteiger partial charge in [0.1, 0.15) is 0 Å². The Kier molecular flexibility index (Phi) is 4.69. The Hall–Kier alpha value is -1.39. The second kappa shape index (κ2) is 6.16. The first kappa shape index (κ1) is 16.0. The van der Waals surface area contributed by atoms with Crippen molar-refractivity contribution in [2.24, 2.45) is 5.41 Å².